The molecule has 1 aliphatic rings. The van der Waals surface area contributed by atoms with Crippen molar-refractivity contribution >= 4 is 17.4 Å². The molecular weight excluding hydrogens is 306 g/mol. The third-order valence-corrected chi connectivity index (χ3v) is 4.33. The molecule has 0 radical (unpaired) electrons. The van der Waals surface area contributed by atoms with Crippen LogP contribution in [0.3, 0.4) is 0 Å². The van der Waals surface area contributed by atoms with Crippen molar-refractivity contribution in [2.45, 2.75) is 31.4 Å². The van der Waals surface area contributed by atoms with E-state index in [1.165, 1.54) is 10.9 Å². The number of rotatable bonds is 4. The third-order valence-electron chi connectivity index (χ3n) is 4.33. The van der Waals surface area contributed by atoms with Gasteiger partial charge in [-0.3, -0.25) is 9.48 Å². The van der Waals surface area contributed by atoms with Crippen molar-refractivity contribution < 1.29 is 9.90 Å². The number of aliphatic hydroxyl groups is 1. The van der Waals surface area contributed by atoms with E-state index in [4.69, 9.17) is 5.73 Å². The standard InChI is InChI=1S/C17H19N5O2/c18-9-11-5-4-8-14(23)15(11)22-10-13(16(19)24)17(21-22)20-12-6-2-1-3-7-12/h1-3,6-7,10-11,14-15,23H,4-5,8H2,(H2,19,24)(H,20,21)/t11?,14-,15+/m0/s1. The number of anilines is 2. The first-order valence-corrected chi connectivity index (χ1v) is 7.89. The minimum Gasteiger partial charge on any atom is -0.391 e. The van der Waals surface area contributed by atoms with E-state index in [1.54, 1.807) is 0 Å². The molecule has 1 amide bonds. The van der Waals surface area contributed by atoms with Crippen LogP contribution in [0.4, 0.5) is 11.5 Å². The number of nitriles is 1. The van der Waals surface area contributed by atoms with E-state index >= 15 is 0 Å². The number of amides is 1. The highest BCUT2D eigenvalue weighted by atomic mass is 16.3. The Morgan fingerprint density at radius 1 is 1.38 bits per heavy atom. The molecule has 1 aromatic carbocycles. The van der Waals surface area contributed by atoms with Gasteiger partial charge in [-0.25, -0.2) is 0 Å². The fourth-order valence-electron chi connectivity index (χ4n) is 3.13. The normalized spacial score (nSPS) is 23.4. The predicted molar refractivity (Wildman–Crippen MR) is 88.5 cm³/mol. The number of aliphatic hydroxyl groups excluding tert-OH is 1. The second kappa shape index (κ2) is 6.72. The highest BCUT2D eigenvalue weighted by Crippen LogP contribution is 2.34. The molecule has 7 heteroatoms. The Balaban J connectivity index is 1.96. The van der Waals surface area contributed by atoms with Gasteiger partial charge in [-0.15, -0.1) is 0 Å². The number of carbonyl (C=O) groups is 1. The molecule has 1 heterocycles. The van der Waals surface area contributed by atoms with Gasteiger partial charge < -0.3 is 16.2 Å². The number of benzene rings is 1. The lowest BCUT2D eigenvalue weighted by Crippen LogP contribution is -2.34. The average Bonchev–Trinajstić information content (AvgIpc) is 2.99. The minimum absolute atomic E-state index is 0.230. The maximum atomic E-state index is 11.7. The number of hydrogen-bond acceptors (Lipinski definition) is 5. The number of nitrogens with one attached hydrogen (secondary N) is 1. The van der Waals surface area contributed by atoms with Gasteiger partial charge >= 0.3 is 0 Å². The van der Waals surface area contributed by atoms with Crippen LogP contribution in [0.1, 0.15) is 35.7 Å². The Morgan fingerprint density at radius 3 is 2.79 bits per heavy atom. The van der Waals surface area contributed by atoms with Crippen molar-refractivity contribution in [2.75, 3.05) is 5.32 Å². The minimum atomic E-state index is -0.673. The monoisotopic (exact) mass is 325 g/mol. The van der Waals surface area contributed by atoms with Gasteiger partial charge in [0.25, 0.3) is 5.91 Å². The Kier molecular flexibility index (Phi) is 4.49. The highest BCUT2D eigenvalue weighted by molar-refractivity contribution is 5.98. The predicted octanol–water partition coefficient (Wildman–Crippen LogP) is 1.95. The van der Waals surface area contributed by atoms with Gasteiger partial charge in [-0.2, -0.15) is 10.4 Å². The summed E-state index contributed by atoms with van der Waals surface area (Å²) in [5.41, 5.74) is 6.45. The Hall–Kier alpha value is -2.85. The smallest absolute Gasteiger partial charge is 0.254 e. The number of hydrogen-bond donors (Lipinski definition) is 3. The van der Waals surface area contributed by atoms with E-state index in [-0.39, 0.29) is 11.5 Å². The van der Waals surface area contributed by atoms with Crippen LogP contribution >= 0.6 is 0 Å². The molecule has 4 N–H and O–H groups in total. The van der Waals surface area contributed by atoms with Crippen molar-refractivity contribution in [1.29, 1.82) is 5.26 Å². The summed E-state index contributed by atoms with van der Waals surface area (Å²) in [6, 6.07) is 11.0. The molecule has 0 bridgehead atoms. The quantitative estimate of drug-likeness (QED) is 0.794. The molecule has 1 unspecified atom stereocenters. The zero-order valence-electron chi connectivity index (χ0n) is 13.1. The number of aromatic nitrogens is 2. The van der Waals surface area contributed by atoms with Gasteiger partial charge in [0, 0.05) is 11.9 Å². The number of para-hydroxylation sites is 1. The van der Waals surface area contributed by atoms with Crippen LogP contribution in [-0.2, 0) is 0 Å². The number of primary amides is 1. The van der Waals surface area contributed by atoms with Crippen LogP contribution < -0.4 is 11.1 Å². The third kappa shape index (κ3) is 3.09. The molecule has 2 aromatic rings. The molecule has 24 heavy (non-hydrogen) atoms. The molecule has 1 aromatic heterocycles. The average molecular weight is 325 g/mol. The summed E-state index contributed by atoms with van der Waals surface area (Å²) in [6.07, 6.45) is 2.95. The maximum absolute atomic E-state index is 11.7. The zero-order valence-corrected chi connectivity index (χ0v) is 13.1. The van der Waals surface area contributed by atoms with Crippen LogP contribution in [-0.4, -0.2) is 26.9 Å². The highest BCUT2D eigenvalue weighted by Gasteiger charge is 2.35. The Bertz CT molecular complexity index is 765. The van der Waals surface area contributed by atoms with Crippen molar-refractivity contribution in [1.82, 2.24) is 9.78 Å². The van der Waals surface area contributed by atoms with E-state index in [2.05, 4.69) is 16.5 Å². The van der Waals surface area contributed by atoms with Crippen LogP contribution in [0, 0.1) is 17.2 Å². The fraction of sp³-hybridized carbons (Fsp3) is 0.353. The first-order chi connectivity index (χ1) is 11.6. The van der Waals surface area contributed by atoms with Crippen molar-refractivity contribution in [3.8, 4) is 6.07 Å². The van der Waals surface area contributed by atoms with Gasteiger partial charge in [-0.1, -0.05) is 18.2 Å². The lowest BCUT2D eigenvalue weighted by atomic mass is 9.83. The van der Waals surface area contributed by atoms with Gasteiger partial charge in [0.05, 0.1) is 24.1 Å². The van der Waals surface area contributed by atoms with E-state index in [0.29, 0.717) is 18.7 Å². The molecule has 0 spiro atoms. The molecule has 1 aliphatic carbocycles. The van der Waals surface area contributed by atoms with Crippen molar-refractivity contribution in [3.05, 3.63) is 42.1 Å². The van der Waals surface area contributed by atoms with E-state index < -0.39 is 18.1 Å². The summed E-state index contributed by atoms with van der Waals surface area (Å²) in [5.74, 6) is -0.638. The summed E-state index contributed by atoms with van der Waals surface area (Å²) >= 11 is 0. The molecule has 0 aliphatic heterocycles. The molecular formula is C17H19N5O2. The number of carbonyl (C=O) groups excluding carboxylic acids is 1. The van der Waals surface area contributed by atoms with Crippen molar-refractivity contribution in [2.24, 2.45) is 11.7 Å². The Labute approximate surface area is 139 Å². The number of nitrogens with zero attached hydrogens (tertiary/aromatic N) is 3. The topological polar surface area (TPSA) is 117 Å². The molecule has 124 valence electrons. The molecule has 7 nitrogen and oxygen atoms in total. The molecule has 3 atom stereocenters. The molecule has 3 rings (SSSR count). The van der Waals surface area contributed by atoms with Crippen LogP contribution in [0.25, 0.3) is 0 Å². The summed E-state index contributed by atoms with van der Waals surface area (Å²) in [7, 11) is 0. The summed E-state index contributed by atoms with van der Waals surface area (Å²) in [5, 5.41) is 27.1. The summed E-state index contributed by atoms with van der Waals surface area (Å²) in [6.45, 7) is 0. The van der Waals surface area contributed by atoms with E-state index in [1.807, 2.05) is 30.3 Å². The largest absolute Gasteiger partial charge is 0.391 e. The van der Waals surface area contributed by atoms with Gasteiger partial charge in [0.15, 0.2) is 5.82 Å². The van der Waals surface area contributed by atoms with E-state index in [0.717, 1.165) is 12.1 Å². The summed E-state index contributed by atoms with van der Waals surface area (Å²) < 4.78 is 1.50. The van der Waals surface area contributed by atoms with Crippen LogP contribution in [0.5, 0.6) is 0 Å². The van der Waals surface area contributed by atoms with Gasteiger partial charge in [0.1, 0.15) is 5.56 Å². The SMILES string of the molecule is N#CC1CCC[C@H](O)[C@@H]1n1cc(C(N)=O)c(Nc2ccccc2)n1. The van der Waals surface area contributed by atoms with Crippen molar-refractivity contribution in [3.63, 3.8) is 0 Å². The zero-order chi connectivity index (χ0) is 17.1. The second-order valence-corrected chi connectivity index (χ2v) is 5.95. The second-order valence-electron chi connectivity index (χ2n) is 5.95. The lowest BCUT2D eigenvalue weighted by Gasteiger charge is -2.31. The number of nitrogens with two attached hydrogens (primary N) is 1. The van der Waals surface area contributed by atoms with Gasteiger partial charge in [0.2, 0.25) is 0 Å². The molecule has 1 fully saturated rings. The molecule has 0 saturated heterocycles. The van der Waals surface area contributed by atoms with Crippen LogP contribution in [0.15, 0.2) is 36.5 Å². The maximum Gasteiger partial charge on any atom is 0.254 e. The Morgan fingerprint density at radius 2 is 2.12 bits per heavy atom. The summed E-state index contributed by atoms with van der Waals surface area (Å²) in [4.78, 5) is 11.7. The first kappa shape index (κ1) is 16.0. The van der Waals surface area contributed by atoms with Gasteiger partial charge in [-0.05, 0) is 31.4 Å². The lowest BCUT2D eigenvalue weighted by molar-refractivity contribution is 0.0494. The van der Waals surface area contributed by atoms with E-state index in [9.17, 15) is 15.2 Å². The fourth-order valence-corrected chi connectivity index (χ4v) is 3.13. The molecule has 1 saturated carbocycles. The van der Waals surface area contributed by atoms with Crippen LogP contribution in [0.2, 0.25) is 0 Å². The first-order valence-electron chi connectivity index (χ1n) is 7.89.